The van der Waals surface area contributed by atoms with Gasteiger partial charge in [0.1, 0.15) is 0 Å². The zero-order chi connectivity index (χ0) is 13.9. The van der Waals surface area contributed by atoms with Crippen LogP contribution in [-0.2, 0) is 9.59 Å². The fraction of sp³-hybridized carbons (Fsp3) is 0.125. The molecule has 0 saturated carbocycles. The van der Waals surface area contributed by atoms with Crippen LogP contribution in [0.5, 0.6) is 0 Å². The van der Waals surface area contributed by atoms with Gasteiger partial charge >= 0.3 is 0 Å². The molecule has 0 fully saturated rings. The minimum Gasteiger partial charge on any atom is -0.344 e. The smallest absolute Gasteiger partial charge is 0.231 e. The van der Waals surface area contributed by atoms with Gasteiger partial charge in [-0.1, -0.05) is 87.6 Å². The first-order chi connectivity index (χ1) is 8.83. The third-order valence-electron chi connectivity index (χ3n) is 1.33. The van der Waals surface area contributed by atoms with Crippen LogP contribution in [-0.4, -0.2) is 12.2 Å². The van der Waals surface area contributed by atoms with E-state index in [0.29, 0.717) is 0 Å². The molecule has 8 N–H and O–H groups in total. The summed E-state index contributed by atoms with van der Waals surface area (Å²) in [4.78, 5) is 16.7. The van der Waals surface area contributed by atoms with Gasteiger partial charge in [0.15, 0.2) is 0 Å². The van der Waals surface area contributed by atoms with Gasteiger partial charge in [0, 0.05) is 0 Å². The van der Waals surface area contributed by atoms with Gasteiger partial charge in [-0.05, 0) is 0 Å². The molecule has 0 bridgehead atoms. The largest absolute Gasteiger partial charge is 0.344 e. The van der Waals surface area contributed by atoms with Gasteiger partial charge in [0.2, 0.25) is 12.2 Å². The molecule has 0 aromatic heterocycles. The summed E-state index contributed by atoms with van der Waals surface area (Å²) in [7, 11) is 0. The van der Waals surface area contributed by atoms with E-state index in [1.807, 2.05) is 72.8 Å². The molecule has 2 aromatic rings. The van der Waals surface area contributed by atoms with E-state index < -0.39 is 0 Å². The lowest BCUT2D eigenvalue weighted by Gasteiger charge is -1.69. The van der Waals surface area contributed by atoms with Crippen LogP contribution in [0.25, 0.3) is 0 Å². The van der Waals surface area contributed by atoms with Gasteiger partial charge in [-0.25, -0.2) is 20.4 Å². The van der Waals surface area contributed by atoms with E-state index in [2.05, 4.69) is 0 Å². The highest BCUT2D eigenvalue weighted by molar-refractivity contribution is 5.26. The molecular formula is C16H28N4O2. The zero-order valence-electron chi connectivity index (χ0n) is 11.2. The van der Waals surface area contributed by atoms with Crippen LogP contribution in [0.2, 0.25) is 0 Å². The number of benzene rings is 2. The molecular weight excluding hydrogens is 280 g/mol. The molecule has 0 aliphatic carbocycles. The quantitative estimate of drug-likeness (QED) is 0.409. The van der Waals surface area contributed by atoms with Crippen molar-refractivity contribution in [2.45, 2.75) is 14.9 Å². The van der Waals surface area contributed by atoms with E-state index >= 15 is 0 Å². The van der Waals surface area contributed by atoms with Crippen molar-refractivity contribution in [2.24, 2.45) is 0 Å². The first-order valence-corrected chi connectivity index (χ1v) is 4.91. The molecule has 6 heteroatoms. The molecule has 0 amide bonds. The summed E-state index contributed by atoms with van der Waals surface area (Å²) in [6, 6.07) is 24.0. The Balaban J connectivity index is -0.0000000384. The second-order valence-electron chi connectivity index (χ2n) is 2.51. The van der Waals surface area contributed by atoms with Crippen molar-refractivity contribution in [3.05, 3.63) is 72.8 Å². The number of hydrogen-bond donors (Lipinski definition) is 4. The van der Waals surface area contributed by atoms with Crippen LogP contribution in [0.15, 0.2) is 72.8 Å². The van der Waals surface area contributed by atoms with E-state index in [4.69, 9.17) is 20.4 Å². The summed E-state index contributed by atoms with van der Waals surface area (Å²) in [6.45, 7) is 0. The van der Waals surface area contributed by atoms with E-state index in [9.17, 15) is 0 Å². The molecule has 0 aliphatic heterocycles. The SMILES string of the molecule is C.C.N.N.N=C=O.N=C=O.c1ccccc1.c1ccccc1. The molecule has 0 heterocycles. The lowest BCUT2D eigenvalue weighted by molar-refractivity contribution is 0.562. The summed E-state index contributed by atoms with van der Waals surface area (Å²) in [6.07, 6.45) is 1.50. The predicted octanol–water partition coefficient (Wildman–Crippen LogP) is 4.77. The topological polar surface area (TPSA) is 152 Å². The summed E-state index contributed by atoms with van der Waals surface area (Å²) < 4.78 is 0. The van der Waals surface area contributed by atoms with Crippen molar-refractivity contribution < 1.29 is 9.59 Å². The third-order valence-corrected chi connectivity index (χ3v) is 1.33. The average Bonchev–Trinajstić information content (AvgIpc) is 2.45. The first kappa shape index (κ1) is 36.5. The highest BCUT2D eigenvalue weighted by atomic mass is 16.1. The van der Waals surface area contributed by atoms with E-state index in [0.717, 1.165) is 12.2 Å². The Morgan fingerprint density at radius 2 is 0.500 bits per heavy atom. The number of rotatable bonds is 0. The lowest BCUT2D eigenvalue weighted by Crippen LogP contribution is -1.47. The number of hydrogen-bond acceptors (Lipinski definition) is 6. The second-order valence-corrected chi connectivity index (χ2v) is 2.51. The maximum absolute atomic E-state index is 8.35. The van der Waals surface area contributed by atoms with Gasteiger partial charge < -0.3 is 12.3 Å². The van der Waals surface area contributed by atoms with Crippen molar-refractivity contribution in [1.29, 1.82) is 10.8 Å². The fourth-order valence-electron chi connectivity index (χ4n) is 0.770. The molecule has 22 heavy (non-hydrogen) atoms. The Morgan fingerprint density at radius 1 is 0.455 bits per heavy atom. The predicted molar refractivity (Wildman–Crippen MR) is 93.2 cm³/mol. The van der Waals surface area contributed by atoms with Gasteiger partial charge in [-0.15, -0.1) is 0 Å². The Kier molecular flexibility index (Phi) is 71.2. The molecule has 2 aromatic carbocycles. The second kappa shape index (κ2) is 42.9. The van der Waals surface area contributed by atoms with Gasteiger partial charge in [-0.3, -0.25) is 0 Å². The lowest BCUT2D eigenvalue weighted by atomic mass is 10.4. The average molecular weight is 308 g/mol. The molecule has 0 radical (unpaired) electrons. The summed E-state index contributed by atoms with van der Waals surface area (Å²) in [5, 5.41) is 10.8. The Labute approximate surface area is 133 Å². The third kappa shape index (κ3) is 53.5. The Hall–Kier alpha value is -2.88. The van der Waals surface area contributed by atoms with Gasteiger partial charge in [0.25, 0.3) is 0 Å². The number of isocyanates is 2. The van der Waals surface area contributed by atoms with Crippen molar-refractivity contribution in [1.82, 2.24) is 12.3 Å². The molecule has 0 spiro atoms. The van der Waals surface area contributed by atoms with Crippen LogP contribution in [0.3, 0.4) is 0 Å². The van der Waals surface area contributed by atoms with Crippen molar-refractivity contribution in [3.63, 3.8) is 0 Å². The molecule has 124 valence electrons. The number of carbonyl (C=O) groups excluding carboxylic acids is 2. The van der Waals surface area contributed by atoms with Crippen LogP contribution < -0.4 is 12.3 Å². The van der Waals surface area contributed by atoms with Gasteiger partial charge in [-0.2, -0.15) is 0 Å². The summed E-state index contributed by atoms with van der Waals surface area (Å²) in [5.74, 6) is 0. The molecule has 0 atom stereocenters. The normalized spacial score (nSPS) is 5.09. The zero-order valence-corrected chi connectivity index (χ0v) is 11.2. The first-order valence-electron chi connectivity index (χ1n) is 4.91. The van der Waals surface area contributed by atoms with E-state index in [1.54, 1.807) is 0 Å². The van der Waals surface area contributed by atoms with E-state index in [1.165, 1.54) is 0 Å². The Bertz CT molecular complexity index is 327. The van der Waals surface area contributed by atoms with E-state index in [-0.39, 0.29) is 27.2 Å². The fourth-order valence-corrected chi connectivity index (χ4v) is 0.770. The van der Waals surface area contributed by atoms with Crippen LogP contribution in [0, 0.1) is 10.8 Å². The van der Waals surface area contributed by atoms with Crippen molar-refractivity contribution in [3.8, 4) is 0 Å². The molecule has 6 nitrogen and oxygen atoms in total. The van der Waals surface area contributed by atoms with Crippen LogP contribution in [0.4, 0.5) is 0 Å². The highest BCUT2D eigenvalue weighted by Gasteiger charge is 1.58. The highest BCUT2D eigenvalue weighted by Crippen LogP contribution is 1.80. The molecule has 0 saturated heterocycles. The minimum absolute atomic E-state index is 0. The monoisotopic (exact) mass is 308 g/mol. The van der Waals surface area contributed by atoms with Crippen LogP contribution >= 0.6 is 0 Å². The molecule has 0 unspecified atom stereocenters. The van der Waals surface area contributed by atoms with Crippen LogP contribution in [0.1, 0.15) is 14.9 Å². The maximum atomic E-state index is 8.35. The minimum atomic E-state index is 0. The molecule has 2 rings (SSSR count). The number of nitrogens with one attached hydrogen (secondary N) is 2. The summed E-state index contributed by atoms with van der Waals surface area (Å²) >= 11 is 0. The van der Waals surface area contributed by atoms with Gasteiger partial charge in [0.05, 0.1) is 0 Å². The maximum Gasteiger partial charge on any atom is 0.231 e. The standard InChI is InChI=1S/2C6H6.2CHNO.2CH4.2H3N/c2*1-2-4-6-5-3-1;2*2-1-3;;;;/h2*1-6H;2*2H;2*1H4;2*1H3. The van der Waals surface area contributed by atoms with Crippen molar-refractivity contribution >= 4 is 12.2 Å². The summed E-state index contributed by atoms with van der Waals surface area (Å²) in [5.41, 5.74) is 0. The molecule has 0 aliphatic rings. The Morgan fingerprint density at radius 3 is 0.545 bits per heavy atom. The van der Waals surface area contributed by atoms with Crippen molar-refractivity contribution in [2.75, 3.05) is 0 Å².